The fourth-order valence-corrected chi connectivity index (χ4v) is 4.03. The third-order valence-corrected chi connectivity index (χ3v) is 5.41. The lowest BCUT2D eigenvalue weighted by Gasteiger charge is -2.25. The summed E-state index contributed by atoms with van der Waals surface area (Å²) >= 11 is 1.46. The van der Waals surface area contributed by atoms with Gasteiger partial charge in [-0.15, -0.1) is 11.3 Å². The minimum Gasteiger partial charge on any atom is -0.333 e. The van der Waals surface area contributed by atoms with Crippen LogP contribution in [-0.4, -0.2) is 44.5 Å². The number of carbonyl (C=O) groups is 1. The number of carbonyl (C=O) groups excluding carboxylic acids is 1. The molecule has 1 aliphatic heterocycles. The second-order valence-electron chi connectivity index (χ2n) is 6.41. The third-order valence-electron chi connectivity index (χ3n) is 4.66. The van der Waals surface area contributed by atoms with Crippen LogP contribution in [0.4, 0.5) is 5.13 Å². The summed E-state index contributed by atoms with van der Waals surface area (Å²) < 4.78 is 1.93. The molecule has 0 spiro atoms. The highest BCUT2D eigenvalue weighted by molar-refractivity contribution is 7.14. The molecule has 2 aliphatic rings. The lowest BCUT2D eigenvalue weighted by Crippen LogP contribution is -2.44. The largest absolute Gasteiger partial charge is 0.333 e. The Kier molecular flexibility index (Phi) is 3.90. The summed E-state index contributed by atoms with van der Waals surface area (Å²) in [4.78, 5) is 23.9. The fraction of sp³-hybridized carbons (Fsp3) is 0.562. The van der Waals surface area contributed by atoms with Gasteiger partial charge in [0.15, 0.2) is 11.0 Å². The van der Waals surface area contributed by atoms with E-state index in [0.717, 1.165) is 24.6 Å². The minimum absolute atomic E-state index is 0.0259. The molecule has 1 saturated heterocycles. The first-order valence-corrected chi connectivity index (χ1v) is 9.08. The highest BCUT2D eigenvalue weighted by Crippen LogP contribution is 2.37. The fourth-order valence-electron chi connectivity index (χ4n) is 3.34. The Labute approximate surface area is 139 Å². The van der Waals surface area contributed by atoms with Crippen LogP contribution in [0, 0.1) is 5.92 Å². The molecule has 6 nitrogen and oxygen atoms in total. The number of rotatable bonds is 5. The number of amides is 1. The Morgan fingerprint density at radius 2 is 2.17 bits per heavy atom. The van der Waals surface area contributed by atoms with Crippen LogP contribution in [0.5, 0.6) is 0 Å². The molecule has 0 radical (unpaired) electrons. The topological polar surface area (TPSA) is 63.1 Å². The monoisotopic (exact) mass is 331 g/mol. The number of nitrogens with zero attached hydrogens (tertiary/aromatic N) is 4. The average Bonchev–Trinajstić information content (AvgIpc) is 2.95. The maximum absolute atomic E-state index is 12.7. The van der Waals surface area contributed by atoms with E-state index in [0.29, 0.717) is 11.0 Å². The van der Waals surface area contributed by atoms with Gasteiger partial charge in [-0.2, -0.15) is 0 Å². The number of hydrogen-bond acceptors (Lipinski definition) is 5. The third kappa shape index (κ3) is 3.03. The van der Waals surface area contributed by atoms with E-state index in [1.54, 1.807) is 6.20 Å². The number of aryl methyl sites for hydroxylation is 1. The van der Waals surface area contributed by atoms with Crippen molar-refractivity contribution in [3.63, 3.8) is 0 Å². The minimum atomic E-state index is 0.0259. The first-order chi connectivity index (χ1) is 11.2. The van der Waals surface area contributed by atoms with Crippen molar-refractivity contribution < 1.29 is 4.79 Å². The molecule has 1 unspecified atom stereocenters. The van der Waals surface area contributed by atoms with E-state index in [1.807, 2.05) is 23.2 Å². The Bertz CT molecular complexity index is 699. The molecule has 7 heteroatoms. The first kappa shape index (κ1) is 14.8. The molecule has 23 heavy (non-hydrogen) atoms. The zero-order valence-corrected chi connectivity index (χ0v) is 14.1. The molecule has 1 N–H and O–H groups in total. The van der Waals surface area contributed by atoms with Crippen molar-refractivity contribution in [1.82, 2.24) is 19.4 Å². The molecular formula is C16H21N5OS. The molecule has 2 fully saturated rings. The highest BCUT2D eigenvalue weighted by atomic mass is 32.1. The van der Waals surface area contributed by atoms with Crippen LogP contribution < -0.4 is 5.32 Å². The number of aromatic nitrogens is 3. The summed E-state index contributed by atoms with van der Waals surface area (Å²) in [6, 6.07) is 0.0259. The zero-order valence-electron chi connectivity index (χ0n) is 13.2. The maximum Gasteiger partial charge on any atom is 0.243 e. The van der Waals surface area contributed by atoms with Gasteiger partial charge in [-0.05, 0) is 44.7 Å². The van der Waals surface area contributed by atoms with Gasteiger partial charge >= 0.3 is 0 Å². The van der Waals surface area contributed by atoms with Crippen LogP contribution in [0.25, 0.3) is 11.5 Å². The van der Waals surface area contributed by atoms with Gasteiger partial charge in [-0.1, -0.05) is 0 Å². The molecular weight excluding hydrogens is 310 g/mol. The molecule has 2 aromatic heterocycles. The quantitative estimate of drug-likeness (QED) is 0.913. The predicted octanol–water partition coefficient (Wildman–Crippen LogP) is 2.36. The Hall–Kier alpha value is -1.73. The van der Waals surface area contributed by atoms with Gasteiger partial charge in [0.05, 0.1) is 6.04 Å². The summed E-state index contributed by atoms with van der Waals surface area (Å²) in [7, 11) is 1.94. The second-order valence-corrected chi connectivity index (χ2v) is 7.27. The number of thiazole rings is 1. The molecule has 0 bridgehead atoms. The summed E-state index contributed by atoms with van der Waals surface area (Å²) in [5.41, 5.74) is 0.807. The molecule has 4 rings (SSSR count). The SMILES string of the molecule is Cn1ccnc1-c1csc(NC(=O)C(C2CC2)N2CCCC2)n1. The Morgan fingerprint density at radius 3 is 2.83 bits per heavy atom. The van der Waals surface area contributed by atoms with Crippen LogP contribution in [0.2, 0.25) is 0 Å². The lowest BCUT2D eigenvalue weighted by atomic mass is 10.1. The van der Waals surface area contributed by atoms with Crippen LogP contribution in [0.3, 0.4) is 0 Å². The molecule has 1 amide bonds. The normalized spacial score (nSPS) is 19.9. The predicted molar refractivity (Wildman–Crippen MR) is 90.3 cm³/mol. The number of nitrogens with one attached hydrogen (secondary N) is 1. The van der Waals surface area contributed by atoms with Gasteiger partial charge in [0.2, 0.25) is 5.91 Å². The highest BCUT2D eigenvalue weighted by Gasteiger charge is 2.41. The van der Waals surface area contributed by atoms with E-state index >= 15 is 0 Å². The summed E-state index contributed by atoms with van der Waals surface area (Å²) in [6.45, 7) is 2.09. The van der Waals surface area contributed by atoms with Crippen LogP contribution in [0.1, 0.15) is 25.7 Å². The van der Waals surface area contributed by atoms with Crippen LogP contribution in [0.15, 0.2) is 17.8 Å². The van der Waals surface area contributed by atoms with Crippen molar-refractivity contribution in [1.29, 1.82) is 0 Å². The van der Waals surface area contributed by atoms with E-state index in [1.165, 1.54) is 37.0 Å². The second kappa shape index (κ2) is 6.05. The summed E-state index contributed by atoms with van der Waals surface area (Å²) in [5.74, 6) is 1.46. The zero-order chi connectivity index (χ0) is 15.8. The first-order valence-electron chi connectivity index (χ1n) is 8.20. The van der Waals surface area contributed by atoms with Gasteiger partial charge in [0.1, 0.15) is 5.69 Å². The van der Waals surface area contributed by atoms with Crippen molar-refractivity contribution in [3.8, 4) is 11.5 Å². The number of hydrogen-bond donors (Lipinski definition) is 1. The molecule has 0 aromatic carbocycles. The van der Waals surface area contributed by atoms with Crippen molar-refractivity contribution in [3.05, 3.63) is 17.8 Å². The van der Waals surface area contributed by atoms with E-state index in [4.69, 9.17) is 0 Å². The van der Waals surface area contributed by atoms with Crippen LogP contribution in [-0.2, 0) is 11.8 Å². The van der Waals surface area contributed by atoms with Gasteiger partial charge < -0.3 is 9.88 Å². The number of likely N-dealkylation sites (tertiary alicyclic amines) is 1. The Balaban J connectivity index is 1.48. The van der Waals surface area contributed by atoms with E-state index in [-0.39, 0.29) is 11.9 Å². The molecule has 1 aliphatic carbocycles. The number of imidazole rings is 1. The van der Waals surface area contributed by atoms with E-state index in [2.05, 4.69) is 20.2 Å². The lowest BCUT2D eigenvalue weighted by molar-refractivity contribution is -0.121. The van der Waals surface area contributed by atoms with Gasteiger partial charge in [0, 0.05) is 24.8 Å². The molecule has 2 aromatic rings. The standard InChI is InChI=1S/C16H21N5OS/c1-20-9-6-17-14(20)12-10-23-16(18-12)19-15(22)13(11-4-5-11)21-7-2-3-8-21/h6,9-11,13H,2-5,7-8H2,1H3,(H,18,19,22). The molecule has 1 atom stereocenters. The van der Waals surface area contributed by atoms with E-state index in [9.17, 15) is 4.79 Å². The molecule has 1 saturated carbocycles. The van der Waals surface area contributed by atoms with Gasteiger partial charge in [0.25, 0.3) is 0 Å². The van der Waals surface area contributed by atoms with Gasteiger partial charge in [-0.3, -0.25) is 9.69 Å². The summed E-state index contributed by atoms with van der Waals surface area (Å²) in [5, 5.41) is 5.64. The van der Waals surface area contributed by atoms with Crippen molar-refractivity contribution in [2.45, 2.75) is 31.7 Å². The average molecular weight is 331 g/mol. The molecule has 122 valence electrons. The van der Waals surface area contributed by atoms with Crippen molar-refractivity contribution in [2.75, 3.05) is 18.4 Å². The van der Waals surface area contributed by atoms with Crippen LogP contribution >= 0.6 is 11.3 Å². The summed E-state index contributed by atoms with van der Waals surface area (Å²) in [6.07, 6.45) is 8.40. The smallest absolute Gasteiger partial charge is 0.243 e. The molecule has 3 heterocycles. The van der Waals surface area contributed by atoms with Crippen molar-refractivity contribution >= 4 is 22.4 Å². The maximum atomic E-state index is 12.7. The Morgan fingerprint density at radius 1 is 1.39 bits per heavy atom. The number of anilines is 1. The van der Waals surface area contributed by atoms with E-state index < -0.39 is 0 Å². The van der Waals surface area contributed by atoms with Crippen molar-refractivity contribution in [2.24, 2.45) is 13.0 Å². The van der Waals surface area contributed by atoms with Gasteiger partial charge in [-0.25, -0.2) is 9.97 Å².